The molecule has 8 heteroatoms. The third kappa shape index (κ3) is 5.74. The van der Waals surface area contributed by atoms with Gasteiger partial charge in [-0.05, 0) is 34.6 Å². The van der Waals surface area contributed by atoms with Crippen LogP contribution in [0.4, 0.5) is 9.59 Å². The second-order valence-corrected chi connectivity index (χ2v) is 8.03. The molecule has 0 radical (unpaired) electrons. The molecule has 2 atom stereocenters. The molecule has 2 heterocycles. The number of nitrogens with zero attached hydrogens (tertiary/aromatic N) is 3. The largest absolute Gasteiger partial charge is 0.444 e. The monoisotopic (exact) mass is 370 g/mol. The van der Waals surface area contributed by atoms with E-state index >= 15 is 0 Å². The van der Waals surface area contributed by atoms with Crippen molar-refractivity contribution in [3.05, 3.63) is 0 Å². The van der Waals surface area contributed by atoms with Gasteiger partial charge in [0.2, 0.25) is 0 Å². The highest BCUT2D eigenvalue weighted by Gasteiger charge is 2.37. The fraction of sp³-hybridized carbons (Fsp3) is 0.889. The van der Waals surface area contributed by atoms with Crippen LogP contribution in [0.3, 0.4) is 0 Å². The SMILES string of the molecule is CC1C(C)N(C(=O)OC(C)(C)C)CCN1C(=O)NCCN1CCOCC1. The lowest BCUT2D eigenvalue weighted by atomic mass is 10.1. The number of carbonyl (C=O) groups is 2. The molecule has 2 saturated heterocycles. The quantitative estimate of drug-likeness (QED) is 0.812. The van der Waals surface area contributed by atoms with Crippen molar-refractivity contribution in [2.45, 2.75) is 52.3 Å². The summed E-state index contributed by atoms with van der Waals surface area (Å²) in [6, 6.07) is -0.232. The molecule has 26 heavy (non-hydrogen) atoms. The summed E-state index contributed by atoms with van der Waals surface area (Å²) in [7, 11) is 0. The zero-order chi connectivity index (χ0) is 19.3. The van der Waals surface area contributed by atoms with E-state index in [4.69, 9.17) is 9.47 Å². The molecule has 0 saturated carbocycles. The maximum absolute atomic E-state index is 12.5. The van der Waals surface area contributed by atoms with Crippen LogP contribution in [0.2, 0.25) is 0 Å². The van der Waals surface area contributed by atoms with Crippen LogP contribution in [0, 0.1) is 0 Å². The van der Waals surface area contributed by atoms with E-state index in [-0.39, 0.29) is 24.2 Å². The second kappa shape index (κ2) is 8.90. The lowest BCUT2D eigenvalue weighted by Gasteiger charge is -2.44. The van der Waals surface area contributed by atoms with Crippen LogP contribution in [0.5, 0.6) is 0 Å². The molecule has 2 unspecified atom stereocenters. The molecular formula is C18H34N4O4. The molecule has 0 bridgehead atoms. The average molecular weight is 370 g/mol. The Bertz CT molecular complexity index is 488. The maximum atomic E-state index is 12.5. The van der Waals surface area contributed by atoms with Crippen LogP contribution in [-0.2, 0) is 9.47 Å². The summed E-state index contributed by atoms with van der Waals surface area (Å²) in [5.41, 5.74) is -0.520. The van der Waals surface area contributed by atoms with Gasteiger partial charge in [0.05, 0.1) is 25.3 Å². The Balaban J connectivity index is 1.80. The van der Waals surface area contributed by atoms with E-state index in [0.29, 0.717) is 19.6 Å². The van der Waals surface area contributed by atoms with Crippen molar-refractivity contribution >= 4 is 12.1 Å². The van der Waals surface area contributed by atoms with Gasteiger partial charge in [0.25, 0.3) is 0 Å². The van der Waals surface area contributed by atoms with Crippen LogP contribution in [-0.4, -0.2) is 97.0 Å². The van der Waals surface area contributed by atoms with E-state index < -0.39 is 5.60 Å². The number of carbonyl (C=O) groups excluding carboxylic acids is 2. The summed E-state index contributed by atoms with van der Waals surface area (Å²) in [6.45, 7) is 15.3. The molecule has 1 N–H and O–H groups in total. The van der Waals surface area contributed by atoms with Gasteiger partial charge in [-0.1, -0.05) is 0 Å². The predicted molar refractivity (Wildman–Crippen MR) is 99.2 cm³/mol. The highest BCUT2D eigenvalue weighted by Crippen LogP contribution is 2.20. The third-order valence-electron chi connectivity index (χ3n) is 4.96. The summed E-state index contributed by atoms with van der Waals surface area (Å²) in [6.07, 6.45) is -0.316. The molecule has 2 aliphatic heterocycles. The third-order valence-corrected chi connectivity index (χ3v) is 4.96. The van der Waals surface area contributed by atoms with Crippen LogP contribution in [0.15, 0.2) is 0 Å². The smallest absolute Gasteiger partial charge is 0.410 e. The van der Waals surface area contributed by atoms with Crippen molar-refractivity contribution in [2.24, 2.45) is 0 Å². The summed E-state index contributed by atoms with van der Waals surface area (Å²) < 4.78 is 10.8. The lowest BCUT2D eigenvalue weighted by Crippen LogP contribution is -2.62. The minimum Gasteiger partial charge on any atom is -0.444 e. The molecule has 2 rings (SSSR count). The molecule has 0 aromatic heterocycles. The van der Waals surface area contributed by atoms with Gasteiger partial charge >= 0.3 is 12.1 Å². The second-order valence-electron chi connectivity index (χ2n) is 8.03. The lowest BCUT2D eigenvalue weighted by molar-refractivity contribution is -0.00556. The zero-order valence-electron chi connectivity index (χ0n) is 16.8. The summed E-state index contributed by atoms with van der Waals surface area (Å²) >= 11 is 0. The summed E-state index contributed by atoms with van der Waals surface area (Å²) in [5.74, 6) is 0. The predicted octanol–water partition coefficient (Wildman–Crippen LogP) is 1.36. The van der Waals surface area contributed by atoms with E-state index in [2.05, 4.69) is 10.2 Å². The Morgan fingerprint density at radius 2 is 1.62 bits per heavy atom. The Hall–Kier alpha value is -1.54. The van der Waals surface area contributed by atoms with E-state index in [1.165, 1.54) is 0 Å². The molecular weight excluding hydrogens is 336 g/mol. The number of nitrogens with one attached hydrogen (secondary N) is 1. The van der Waals surface area contributed by atoms with Gasteiger partial charge in [0.15, 0.2) is 0 Å². The van der Waals surface area contributed by atoms with Crippen molar-refractivity contribution in [3.63, 3.8) is 0 Å². The molecule has 0 spiro atoms. The molecule has 0 aliphatic carbocycles. The summed E-state index contributed by atoms with van der Waals surface area (Å²) in [5, 5.41) is 3.00. The number of hydrogen-bond acceptors (Lipinski definition) is 5. The number of hydrogen-bond donors (Lipinski definition) is 1. The van der Waals surface area contributed by atoms with Gasteiger partial charge in [-0.15, -0.1) is 0 Å². The average Bonchev–Trinajstić information content (AvgIpc) is 2.56. The number of piperazine rings is 1. The molecule has 8 nitrogen and oxygen atoms in total. The Morgan fingerprint density at radius 3 is 2.23 bits per heavy atom. The number of morpholine rings is 1. The Labute approximate surface area is 156 Å². The molecule has 150 valence electrons. The highest BCUT2D eigenvalue weighted by molar-refractivity contribution is 5.75. The molecule has 0 aromatic carbocycles. The van der Waals surface area contributed by atoms with E-state index in [9.17, 15) is 9.59 Å². The molecule has 2 fully saturated rings. The van der Waals surface area contributed by atoms with Gasteiger partial charge in [0.1, 0.15) is 5.60 Å². The van der Waals surface area contributed by atoms with Crippen LogP contribution >= 0.6 is 0 Å². The minimum atomic E-state index is -0.520. The maximum Gasteiger partial charge on any atom is 0.410 e. The fourth-order valence-corrected chi connectivity index (χ4v) is 3.26. The highest BCUT2D eigenvalue weighted by atomic mass is 16.6. The molecule has 0 aromatic rings. The van der Waals surface area contributed by atoms with Crippen molar-refractivity contribution in [1.29, 1.82) is 0 Å². The summed E-state index contributed by atoms with van der Waals surface area (Å²) in [4.78, 5) is 30.7. The number of amides is 3. The van der Waals surface area contributed by atoms with Crippen LogP contribution < -0.4 is 5.32 Å². The van der Waals surface area contributed by atoms with Gasteiger partial charge in [-0.2, -0.15) is 0 Å². The topological polar surface area (TPSA) is 74.4 Å². The number of rotatable bonds is 3. The Morgan fingerprint density at radius 1 is 1.04 bits per heavy atom. The van der Waals surface area contributed by atoms with E-state index in [0.717, 1.165) is 32.8 Å². The van der Waals surface area contributed by atoms with Crippen molar-refractivity contribution < 1.29 is 19.1 Å². The van der Waals surface area contributed by atoms with Crippen molar-refractivity contribution in [1.82, 2.24) is 20.0 Å². The van der Waals surface area contributed by atoms with Gasteiger partial charge in [0, 0.05) is 39.3 Å². The van der Waals surface area contributed by atoms with Gasteiger partial charge < -0.3 is 24.6 Å². The molecule has 2 aliphatic rings. The standard InChI is InChI=1S/C18H34N4O4/c1-14-15(2)22(17(24)26-18(3,4)5)9-8-21(14)16(23)19-6-7-20-10-12-25-13-11-20/h14-15H,6-13H2,1-5H3,(H,19,23). The van der Waals surface area contributed by atoms with Crippen LogP contribution in [0.25, 0.3) is 0 Å². The number of urea groups is 1. The van der Waals surface area contributed by atoms with Gasteiger partial charge in [-0.25, -0.2) is 9.59 Å². The fourth-order valence-electron chi connectivity index (χ4n) is 3.26. The van der Waals surface area contributed by atoms with Crippen molar-refractivity contribution in [3.8, 4) is 0 Å². The van der Waals surface area contributed by atoms with Crippen molar-refractivity contribution in [2.75, 3.05) is 52.5 Å². The first-order chi connectivity index (χ1) is 12.2. The Kier molecular flexibility index (Phi) is 7.11. The van der Waals surface area contributed by atoms with E-state index in [1.54, 1.807) is 4.90 Å². The normalized spacial score (nSPS) is 25.1. The minimum absolute atomic E-state index is 0.0681. The number of ether oxygens (including phenoxy) is 2. The zero-order valence-corrected chi connectivity index (χ0v) is 16.8. The first kappa shape index (κ1) is 20.8. The van der Waals surface area contributed by atoms with Crippen LogP contribution in [0.1, 0.15) is 34.6 Å². The van der Waals surface area contributed by atoms with Gasteiger partial charge in [-0.3, -0.25) is 4.90 Å². The first-order valence-electron chi connectivity index (χ1n) is 9.53. The first-order valence-corrected chi connectivity index (χ1v) is 9.53. The van der Waals surface area contributed by atoms with E-state index in [1.807, 2.05) is 39.5 Å². The molecule has 3 amide bonds.